The number of nitrogens with zero attached hydrogens (tertiary/aromatic N) is 2. The van der Waals surface area contributed by atoms with Crippen molar-refractivity contribution in [1.82, 2.24) is 9.47 Å². The number of aliphatic carboxylic acids is 1. The molecule has 2 aromatic rings. The monoisotopic (exact) mass is 314 g/mol. The Labute approximate surface area is 135 Å². The van der Waals surface area contributed by atoms with Gasteiger partial charge in [-0.1, -0.05) is 37.5 Å². The fourth-order valence-electron chi connectivity index (χ4n) is 3.72. The third kappa shape index (κ3) is 2.40. The van der Waals surface area contributed by atoms with Gasteiger partial charge in [0.05, 0.1) is 5.56 Å². The van der Waals surface area contributed by atoms with Gasteiger partial charge in [-0.25, -0.2) is 4.79 Å². The minimum Gasteiger partial charge on any atom is -0.479 e. The fourth-order valence-corrected chi connectivity index (χ4v) is 3.72. The Hall–Kier alpha value is -2.30. The number of carboxylic acid groups (broad SMARTS) is 1. The zero-order chi connectivity index (χ0) is 16.6. The minimum atomic E-state index is -1.08. The lowest BCUT2D eigenvalue weighted by atomic mass is 9.80. The van der Waals surface area contributed by atoms with Gasteiger partial charge in [0, 0.05) is 31.2 Å². The second kappa shape index (κ2) is 5.72. The van der Waals surface area contributed by atoms with Crippen molar-refractivity contribution in [1.29, 1.82) is 0 Å². The van der Waals surface area contributed by atoms with E-state index in [-0.39, 0.29) is 5.91 Å². The largest absolute Gasteiger partial charge is 0.479 e. The average Bonchev–Trinajstić information content (AvgIpc) is 2.91. The summed E-state index contributed by atoms with van der Waals surface area (Å²) in [4.78, 5) is 26.4. The molecule has 1 aromatic heterocycles. The number of carbonyl (C=O) groups excluding carboxylic acids is 1. The third-order valence-electron chi connectivity index (χ3n) is 5.15. The van der Waals surface area contributed by atoms with E-state index in [0.29, 0.717) is 18.4 Å². The maximum atomic E-state index is 13.0. The average molecular weight is 314 g/mol. The number of carbonyl (C=O) groups is 2. The van der Waals surface area contributed by atoms with E-state index in [1.807, 2.05) is 35.9 Å². The number of likely N-dealkylation sites (N-methyl/N-ethyl adjacent to an activating group) is 1. The van der Waals surface area contributed by atoms with Crippen LogP contribution in [0.1, 0.15) is 42.5 Å². The Morgan fingerprint density at radius 1 is 1.17 bits per heavy atom. The van der Waals surface area contributed by atoms with Crippen molar-refractivity contribution in [2.45, 2.75) is 37.6 Å². The van der Waals surface area contributed by atoms with Crippen molar-refractivity contribution in [3.8, 4) is 0 Å². The van der Waals surface area contributed by atoms with Gasteiger partial charge in [-0.15, -0.1) is 0 Å². The van der Waals surface area contributed by atoms with Crippen molar-refractivity contribution in [2.75, 3.05) is 7.05 Å². The van der Waals surface area contributed by atoms with Gasteiger partial charge >= 0.3 is 5.97 Å². The van der Waals surface area contributed by atoms with Crippen molar-refractivity contribution >= 4 is 22.8 Å². The molecule has 0 saturated heterocycles. The summed E-state index contributed by atoms with van der Waals surface area (Å²) in [5, 5.41) is 10.6. The van der Waals surface area contributed by atoms with Crippen molar-refractivity contribution in [3.05, 3.63) is 36.0 Å². The lowest BCUT2D eigenvalue weighted by Gasteiger charge is -2.40. The maximum Gasteiger partial charge on any atom is 0.329 e. The van der Waals surface area contributed by atoms with E-state index in [4.69, 9.17) is 0 Å². The van der Waals surface area contributed by atoms with Gasteiger partial charge < -0.3 is 14.6 Å². The molecule has 1 saturated carbocycles. The second-order valence-electron chi connectivity index (χ2n) is 6.43. The summed E-state index contributed by atoms with van der Waals surface area (Å²) >= 11 is 0. The Bertz CT molecular complexity index is 757. The predicted molar refractivity (Wildman–Crippen MR) is 88.5 cm³/mol. The highest BCUT2D eigenvalue weighted by molar-refractivity contribution is 6.08. The molecule has 5 heteroatoms. The van der Waals surface area contributed by atoms with E-state index in [1.54, 1.807) is 13.2 Å². The van der Waals surface area contributed by atoms with Crippen LogP contribution in [0.5, 0.6) is 0 Å². The van der Waals surface area contributed by atoms with Crippen LogP contribution < -0.4 is 0 Å². The van der Waals surface area contributed by atoms with Crippen LogP contribution in [0.4, 0.5) is 0 Å². The number of hydrogen-bond donors (Lipinski definition) is 1. The molecule has 5 nitrogen and oxygen atoms in total. The minimum absolute atomic E-state index is 0.217. The molecule has 0 bridgehead atoms. The number of para-hydroxylation sites is 1. The zero-order valence-electron chi connectivity index (χ0n) is 13.6. The first-order chi connectivity index (χ1) is 11.0. The molecule has 0 spiro atoms. The number of fused-ring (bicyclic) bond motifs is 1. The van der Waals surface area contributed by atoms with Crippen molar-refractivity contribution in [3.63, 3.8) is 0 Å². The molecule has 23 heavy (non-hydrogen) atoms. The highest BCUT2D eigenvalue weighted by Crippen LogP contribution is 2.35. The number of benzene rings is 1. The summed E-state index contributed by atoms with van der Waals surface area (Å²) in [5.74, 6) is -1.11. The Morgan fingerprint density at radius 2 is 1.83 bits per heavy atom. The van der Waals surface area contributed by atoms with Crippen LogP contribution in [0.3, 0.4) is 0 Å². The second-order valence-corrected chi connectivity index (χ2v) is 6.43. The molecule has 1 amide bonds. The Balaban J connectivity index is 2.02. The van der Waals surface area contributed by atoms with Gasteiger partial charge in [-0.05, 0) is 18.9 Å². The molecule has 1 N–H and O–H groups in total. The summed E-state index contributed by atoms with van der Waals surface area (Å²) in [6.07, 6.45) is 5.57. The van der Waals surface area contributed by atoms with Crippen LogP contribution in [0.15, 0.2) is 30.5 Å². The summed E-state index contributed by atoms with van der Waals surface area (Å²) in [6, 6.07) is 7.69. The molecule has 0 unspecified atom stereocenters. The lowest BCUT2D eigenvalue weighted by molar-refractivity contribution is -0.151. The van der Waals surface area contributed by atoms with Crippen molar-refractivity contribution in [2.24, 2.45) is 7.05 Å². The number of aryl methyl sites for hydroxylation is 1. The molecule has 1 aliphatic carbocycles. The molecule has 0 atom stereocenters. The topological polar surface area (TPSA) is 62.5 Å². The highest BCUT2D eigenvalue weighted by atomic mass is 16.4. The molecule has 1 heterocycles. The van der Waals surface area contributed by atoms with Gasteiger partial charge in [0.1, 0.15) is 5.54 Å². The van der Waals surface area contributed by atoms with Gasteiger partial charge in [0.25, 0.3) is 5.91 Å². The molecule has 1 aliphatic rings. The maximum absolute atomic E-state index is 13.0. The van der Waals surface area contributed by atoms with E-state index in [0.717, 1.165) is 30.2 Å². The molecule has 1 fully saturated rings. The quantitative estimate of drug-likeness (QED) is 0.947. The van der Waals surface area contributed by atoms with E-state index in [2.05, 4.69) is 0 Å². The van der Waals surface area contributed by atoms with Crippen LogP contribution in [-0.4, -0.2) is 39.0 Å². The normalized spacial score (nSPS) is 17.1. The standard InChI is InChI=1S/C18H22N2O3/c1-19-12-14(13-8-4-5-9-15(13)19)16(21)20(2)18(17(22)23)10-6-3-7-11-18/h4-5,8-9,12H,3,6-7,10-11H2,1-2H3,(H,22,23). The highest BCUT2D eigenvalue weighted by Gasteiger charge is 2.45. The van der Waals surface area contributed by atoms with Crippen molar-refractivity contribution < 1.29 is 14.7 Å². The van der Waals surface area contributed by atoms with Crippen LogP contribution in [0.2, 0.25) is 0 Å². The lowest BCUT2D eigenvalue weighted by Crippen LogP contribution is -2.56. The van der Waals surface area contributed by atoms with E-state index in [1.165, 1.54) is 4.90 Å². The fraction of sp³-hybridized carbons (Fsp3) is 0.444. The smallest absolute Gasteiger partial charge is 0.329 e. The van der Waals surface area contributed by atoms with E-state index >= 15 is 0 Å². The molecule has 1 aromatic carbocycles. The number of amides is 1. The molecule has 122 valence electrons. The van der Waals surface area contributed by atoms with Crippen LogP contribution in [-0.2, 0) is 11.8 Å². The van der Waals surface area contributed by atoms with E-state index in [9.17, 15) is 14.7 Å². The first-order valence-electron chi connectivity index (χ1n) is 8.03. The third-order valence-corrected chi connectivity index (χ3v) is 5.15. The predicted octanol–water partition coefficient (Wildman–Crippen LogP) is 3.04. The Morgan fingerprint density at radius 3 is 2.48 bits per heavy atom. The van der Waals surface area contributed by atoms with Gasteiger partial charge in [-0.2, -0.15) is 0 Å². The van der Waals surface area contributed by atoms with Gasteiger partial charge in [0.15, 0.2) is 0 Å². The van der Waals surface area contributed by atoms with Gasteiger partial charge in [0.2, 0.25) is 0 Å². The molecular weight excluding hydrogens is 292 g/mol. The molecular formula is C18H22N2O3. The number of aromatic nitrogens is 1. The number of rotatable bonds is 3. The summed E-state index contributed by atoms with van der Waals surface area (Å²) in [7, 11) is 3.52. The summed E-state index contributed by atoms with van der Waals surface area (Å²) in [6.45, 7) is 0. The molecule has 0 radical (unpaired) electrons. The first kappa shape index (κ1) is 15.6. The number of hydrogen-bond acceptors (Lipinski definition) is 2. The van der Waals surface area contributed by atoms with Crippen LogP contribution in [0, 0.1) is 0 Å². The Kier molecular flexibility index (Phi) is 3.88. The number of carboxylic acids is 1. The summed E-state index contributed by atoms with van der Waals surface area (Å²) < 4.78 is 1.91. The zero-order valence-corrected chi connectivity index (χ0v) is 13.6. The van der Waals surface area contributed by atoms with Crippen LogP contribution >= 0.6 is 0 Å². The summed E-state index contributed by atoms with van der Waals surface area (Å²) in [5.41, 5.74) is 0.459. The first-order valence-corrected chi connectivity index (χ1v) is 8.03. The van der Waals surface area contributed by atoms with E-state index < -0.39 is 11.5 Å². The van der Waals surface area contributed by atoms with Crippen LogP contribution in [0.25, 0.3) is 10.9 Å². The molecule has 0 aliphatic heterocycles. The SMILES string of the molecule is CN(C(=O)c1cn(C)c2ccccc12)C1(C(=O)O)CCCCC1. The van der Waals surface area contributed by atoms with Gasteiger partial charge in [-0.3, -0.25) is 4.79 Å². The molecule has 3 rings (SSSR count).